The number of benzene rings is 1. The van der Waals surface area contributed by atoms with E-state index in [-0.39, 0.29) is 23.3 Å². The molecule has 0 aliphatic heterocycles. The van der Waals surface area contributed by atoms with Crippen molar-refractivity contribution < 1.29 is 4.74 Å². The Hall–Kier alpha value is -3.22. The van der Waals surface area contributed by atoms with Gasteiger partial charge in [-0.3, -0.25) is 4.79 Å². The van der Waals surface area contributed by atoms with Gasteiger partial charge < -0.3 is 10.5 Å². The quantitative estimate of drug-likeness (QED) is 0.786. The standard InChI is InChI=1S/C18H19N5O2/c1-11(2)23-14(24)10-9-13(22-23)16-15(12-7-5-4-6-8-12)20-17(19)18(21-16)25-3/h4-11H,1-3H3,(H2,19,20). The first-order chi connectivity index (χ1) is 12.0. The summed E-state index contributed by atoms with van der Waals surface area (Å²) in [5.41, 5.74) is 8.24. The summed E-state index contributed by atoms with van der Waals surface area (Å²) in [7, 11) is 1.48. The van der Waals surface area contributed by atoms with Crippen LogP contribution in [0.15, 0.2) is 47.3 Å². The van der Waals surface area contributed by atoms with Crippen LogP contribution in [-0.4, -0.2) is 26.9 Å². The molecule has 25 heavy (non-hydrogen) atoms. The molecule has 0 radical (unpaired) electrons. The fraction of sp³-hybridized carbons (Fsp3) is 0.222. The van der Waals surface area contributed by atoms with Crippen LogP contribution < -0.4 is 16.0 Å². The minimum atomic E-state index is -0.171. The van der Waals surface area contributed by atoms with Crippen LogP contribution in [0, 0.1) is 0 Å². The molecule has 0 bridgehead atoms. The van der Waals surface area contributed by atoms with Gasteiger partial charge in [-0.15, -0.1) is 0 Å². The molecular weight excluding hydrogens is 318 g/mol. The number of hydrogen-bond donors (Lipinski definition) is 1. The zero-order valence-corrected chi connectivity index (χ0v) is 14.3. The molecule has 0 aliphatic carbocycles. The van der Waals surface area contributed by atoms with Crippen molar-refractivity contribution in [1.29, 1.82) is 0 Å². The summed E-state index contributed by atoms with van der Waals surface area (Å²) in [6.07, 6.45) is 0. The number of ether oxygens (including phenoxy) is 1. The molecule has 0 fully saturated rings. The van der Waals surface area contributed by atoms with Crippen molar-refractivity contribution >= 4 is 5.82 Å². The van der Waals surface area contributed by atoms with Crippen LogP contribution in [0.5, 0.6) is 5.88 Å². The van der Waals surface area contributed by atoms with Crippen molar-refractivity contribution in [2.75, 3.05) is 12.8 Å². The first kappa shape index (κ1) is 16.6. The molecule has 0 spiro atoms. The van der Waals surface area contributed by atoms with Gasteiger partial charge in [0.15, 0.2) is 5.82 Å². The van der Waals surface area contributed by atoms with Crippen molar-refractivity contribution in [2.45, 2.75) is 19.9 Å². The van der Waals surface area contributed by atoms with E-state index in [4.69, 9.17) is 10.5 Å². The molecule has 0 aliphatic rings. The number of aromatic nitrogens is 4. The van der Waals surface area contributed by atoms with Gasteiger partial charge in [0.05, 0.1) is 13.2 Å². The first-order valence-electron chi connectivity index (χ1n) is 7.88. The molecule has 128 valence electrons. The van der Waals surface area contributed by atoms with E-state index >= 15 is 0 Å². The minimum absolute atomic E-state index is 0.0729. The molecule has 1 aromatic carbocycles. The maximum Gasteiger partial charge on any atom is 0.267 e. The van der Waals surface area contributed by atoms with Crippen molar-refractivity contribution in [3.05, 3.63) is 52.8 Å². The second-order valence-corrected chi connectivity index (χ2v) is 5.78. The van der Waals surface area contributed by atoms with Crippen LogP contribution >= 0.6 is 0 Å². The highest BCUT2D eigenvalue weighted by Crippen LogP contribution is 2.31. The highest BCUT2D eigenvalue weighted by molar-refractivity contribution is 5.77. The lowest BCUT2D eigenvalue weighted by molar-refractivity contribution is 0.399. The molecule has 0 atom stereocenters. The number of anilines is 1. The molecular formula is C18H19N5O2. The van der Waals surface area contributed by atoms with Crippen LogP contribution in [-0.2, 0) is 0 Å². The lowest BCUT2D eigenvalue weighted by atomic mass is 10.1. The van der Waals surface area contributed by atoms with Gasteiger partial charge in [0, 0.05) is 11.6 Å². The molecule has 2 heterocycles. The van der Waals surface area contributed by atoms with Crippen LogP contribution in [0.3, 0.4) is 0 Å². The lowest BCUT2D eigenvalue weighted by Crippen LogP contribution is -2.24. The van der Waals surface area contributed by atoms with Crippen LogP contribution in [0.4, 0.5) is 5.82 Å². The molecule has 7 heteroatoms. The summed E-state index contributed by atoms with van der Waals surface area (Å²) in [4.78, 5) is 20.9. The van der Waals surface area contributed by atoms with Crippen LogP contribution in [0.25, 0.3) is 22.6 Å². The van der Waals surface area contributed by atoms with Crippen molar-refractivity contribution in [3.8, 4) is 28.5 Å². The number of nitrogens with zero attached hydrogens (tertiary/aromatic N) is 4. The van der Waals surface area contributed by atoms with Crippen LogP contribution in [0.1, 0.15) is 19.9 Å². The van der Waals surface area contributed by atoms with E-state index in [0.29, 0.717) is 17.1 Å². The second kappa shape index (κ2) is 6.72. The van der Waals surface area contributed by atoms with Gasteiger partial charge in [0.1, 0.15) is 17.1 Å². The van der Waals surface area contributed by atoms with Gasteiger partial charge >= 0.3 is 0 Å². The molecule has 7 nitrogen and oxygen atoms in total. The van der Waals surface area contributed by atoms with E-state index in [0.717, 1.165) is 5.56 Å². The van der Waals surface area contributed by atoms with Crippen molar-refractivity contribution in [2.24, 2.45) is 0 Å². The summed E-state index contributed by atoms with van der Waals surface area (Å²) >= 11 is 0. The van der Waals surface area contributed by atoms with E-state index in [9.17, 15) is 4.79 Å². The van der Waals surface area contributed by atoms with Gasteiger partial charge in [-0.05, 0) is 19.9 Å². The van der Waals surface area contributed by atoms with Gasteiger partial charge in [0.2, 0.25) is 0 Å². The Morgan fingerprint density at radius 2 is 1.76 bits per heavy atom. The van der Waals surface area contributed by atoms with E-state index in [1.807, 2.05) is 44.2 Å². The van der Waals surface area contributed by atoms with Gasteiger partial charge in [-0.2, -0.15) is 5.10 Å². The predicted octanol–water partition coefficient (Wildman–Crippen LogP) is 2.54. The van der Waals surface area contributed by atoms with Crippen LogP contribution in [0.2, 0.25) is 0 Å². The topological polar surface area (TPSA) is 95.9 Å². The molecule has 0 saturated heterocycles. The highest BCUT2D eigenvalue weighted by Gasteiger charge is 2.18. The molecule has 0 amide bonds. The Kier molecular flexibility index (Phi) is 4.47. The highest BCUT2D eigenvalue weighted by atomic mass is 16.5. The smallest absolute Gasteiger partial charge is 0.267 e. The second-order valence-electron chi connectivity index (χ2n) is 5.78. The van der Waals surface area contributed by atoms with E-state index < -0.39 is 0 Å². The zero-order valence-electron chi connectivity index (χ0n) is 14.3. The maximum absolute atomic E-state index is 12.0. The third-order valence-electron chi connectivity index (χ3n) is 3.69. The number of methoxy groups -OCH3 is 1. The molecule has 3 aromatic rings. The zero-order chi connectivity index (χ0) is 18.0. The minimum Gasteiger partial charge on any atom is -0.478 e. The Morgan fingerprint density at radius 3 is 2.40 bits per heavy atom. The lowest BCUT2D eigenvalue weighted by Gasteiger charge is -2.13. The maximum atomic E-state index is 12.0. The number of rotatable bonds is 4. The summed E-state index contributed by atoms with van der Waals surface area (Å²) in [5, 5.41) is 4.44. The number of nitrogen functional groups attached to an aromatic ring is 1. The molecule has 2 N–H and O–H groups in total. The Labute approximate surface area is 145 Å². The molecule has 3 rings (SSSR count). The molecule has 2 aromatic heterocycles. The average molecular weight is 337 g/mol. The van der Waals surface area contributed by atoms with E-state index in [2.05, 4.69) is 15.1 Å². The number of nitrogens with two attached hydrogens (primary N) is 1. The third-order valence-corrected chi connectivity index (χ3v) is 3.69. The SMILES string of the molecule is COc1nc(-c2ccc(=O)n(C(C)C)n2)c(-c2ccccc2)nc1N. The van der Waals surface area contributed by atoms with E-state index in [1.165, 1.54) is 17.9 Å². The summed E-state index contributed by atoms with van der Waals surface area (Å²) in [5.74, 6) is 0.418. The fourth-order valence-corrected chi connectivity index (χ4v) is 2.48. The normalized spacial score (nSPS) is 10.9. The van der Waals surface area contributed by atoms with Gasteiger partial charge in [-0.1, -0.05) is 30.3 Å². The fourth-order valence-electron chi connectivity index (χ4n) is 2.48. The Morgan fingerprint density at radius 1 is 1.04 bits per heavy atom. The van der Waals surface area contributed by atoms with Gasteiger partial charge in [-0.25, -0.2) is 14.6 Å². The average Bonchev–Trinajstić information content (AvgIpc) is 2.62. The Bertz CT molecular complexity index is 951. The van der Waals surface area contributed by atoms with Gasteiger partial charge in [0.25, 0.3) is 11.4 Å². The third kappa shape index (κ3) is 3.21. The van der Waals surface area contributed by atoms with E-state index in [1.54, 1.807) is 6.07 Å². The largest absolute Gasteiger partial charge is 0.478 e. The van der Waals surface area contributed by atoms with Crippen molar-refractivity contribution in [1.82, 2.24) is 19.7 Å². The summed E-state index contributed by atoms with van der Waals surface area (Å²) in [6.45, 7) is 3.79. The number of hydrogen-bond acceptors (Lipinski definition) is 6. The predicted molar refractivity (Wildman–Crippen MR) is 96.3 cm³/mol. The molecule has 0 saturated carbocycles. The summed E-state index contributed by atoms with van der Waals surface area (Å²) < 4.78 is 6.62. The first-order valence-corrected chi connectivity index (χ1v) is 7.88. The van der Waals surface area contributed by atoms with Crippen molar-refractivity contribution in [3.63, 3.8) is 0 Å². The Balaban J connectivity index is 2.28. The molecule has 0 unspecified atom stereocenters. The summed E-state index contributed by atoms with van der Waals surface area (Å²) in [6, 6.07) is 12.6. The monoisotopic (exact) mass is 337 g/mol.